The number of nitrogens with one attached hydrogen (secondary N) is 1. The molecule has 2 N–H and O–H groups in total. The number of aliphatic hydroxyl groups excluding tert-OH is 1. The summed E-state index contributed by atoms with van der Waals surface area (Å²) in [5, 5.41) is 12.8. The van der Waals surface area contributed by atoms with Crippen molar-refractivity contribution in [2.24, 2.45) is 0 Å². The number of benzene rings is 2. The summed E-state index contributed by atoms with van der Waals surface area (Å²) < 4.78 is 32.6. The Morgan fingerprint density at radius 2 is 1.78 bits per heavy atom. The third-order valence-electron chi connectivity index (χ3n) is 5.66. The first kappa shape index (κ1) is 23.9. The second kappa shape index (κ2) is 9.40. The Hall–Kier alpha value is -2.75. The zero-order valence-electron chi connectivity index (χ0n) is 18.5. The summed E-state index contributed by atoms with van der Waals surface area (Å²) in [4.78, 5) is 25.3. The van der Waals surface area contributed by atoms with Gasteiger partial charge in [0.05, 0.1) is 11.0 Å². The molecule has 1 aliphatic heterocycles. The van der Waals surface area contributed by atoms with Gasteiger partial charge in [0.15, 0.2) is 6.10 Å². The van der Waals surface area contributed by atoms with Gasteiger partial charge in [-0.3, -0.25) is 9.59 Å². The monoisotopic (exact) mass is 460 g/mol. The van der Waals surface area contributed by atoms with Crippen LogP contribution in [-0.4, -0.2) is 54.5 Å². The number of hydrogen-bond acceptors (Lipinski definition) is 6. The Bertz CT molecular complexity index is 1130. The number of nitrogens with zero attached hydrogens (tertiary/aromatic N) is 1. The quantitative estimate of drug-likeness (QED) is 0.640. The lowest BCUT2D eigenvalue weighted by molar-refractivity contribution is -0.156. The molecule has 0 aliphatic carbocycles. The van der Waals surface area contributed by atoms with Gasteiger partial charge >= 0.3 is 5.97 Å². The van der Waals surface area contributed by atoms with Crippen molar-refractivity contribution in [1.29, 1.82) is 0 Å². The van der Waals surface area contributed by atoms with Crippen molar-refractivity contribution in [2.45, 2.75) is 57.3 Å². The number of esters is 1. The summed E-state index contributed by atoms with van der Waals surface area (Å²) in [6, 6.07) is 10.7. The van der Waals surface area contributed by atoms with Gasteiger partial charge < -0.3 is 15.2 Å². The van der Waals surface area contributed by atoms with Gasteiger partial charge in [-0.1, -0.05) is 24.3 Å². The van der Waals surface area contributed by atoms with Crippen LogP contribution in [0.2, 0.25) is 0 Å². The molecule has 0 aromatic heterocycles. The van der Waals surface area contributed by atoms with Gasteiger partial charge in [-0.15, -0.1) is 0 Å². The maximum Gasteiger partial charge on any atom is 0.325 e. The van der Waals surface area contributed by atoms with Gasteiger partial charge in [0.2, 0.25) is 10.0 Å². The summed E-state index contributed by atoms with van der Waals surface area (Å²) >= 11 is 0. The lowest BCUT2D eigenvalue weighted by atomic mass is 10.1. The summed E-state index contributed by atoms with van der Waals surface area (Å²) in [5.74, 6) is -1.41. The maximum absolute atomic E-state index is 13.2. The predicted molar refractivity (Wildman–Crippen MR) is 120 cm³/mol. The standard InChI is InChI=1S/C23H28N2O6S/c1-14-9-10-19(11-16(14)3)32(29,30)25-13-18(26)12-21(25)23(28)31-17(4)22(27)24-20-8-6-5-7-15(20)2/h5-11,17-18,21,26H,12-13H2,1-4H3,(H,24,27). The minimum Gasteiger partial charge on any atom is -0.451 e. The molecule has 3 rings (SSSR count). The van der Waals surface area contributed by atoms with Crippen LogP contribution in [0.3, 0.4) is 0 Å². The van der Waals surface area contributed by atoms with Crippen molar-refractivity contribution >= 4 is 27.6 Å². The molecule has 32 heavy (non-hydrogen) atoms. The number of ether oxygens (including phenoxy) is 1. The topological polar surface area (TPSA) is 113 Å². The number of rotatable bonds is 6. The van der Waals surface area contributed by atoms with Crippen molar-refractivity contribution in [3.05, 3.63) is 59.2 Å². The number of carbonyl (C=O) groups excluding carboxylic acids is 2. The highest BCUT2D eigenvalue weighted by Crippen LogP contribution is 2.28. The van der Waals surface area contributed by atoms with Crippen LogP contribution in [0.5, 0.6) is 0 Å². The number of hydrogen-bond donors (Lipinski definition) is 2. The largest absolute Gasteiger partial charge is 0.451 e. The molecule has 3 unspecified atom stereocenters. The maximum atomic E-state index is 13.2. The van der Waals surface area contributed by atoms with Gasteiger partial charge in [-0.2, -0.15) is 4.31 Å². The number of aryl methyl sites for hydroxylation is 3. The highest BCUT2D eigenvalue weighted by Gasteiger charge is 2.45. The highest BCUT2D eigenvalue weighted by molar-refractivity contribution is 7.89. The van der Waals surface area contributed by atoms with Crippen LogP contribution < -0.4 is 5.32 Å². The van der Waals surface area contributed by atoms with Crippen molar-refractivity contribution in [3.63, 3.8) is 0 Å². The molecule has 1 heterocycles. The Morgan fingerprint density at radius 3 is 2.44 bits per heavy atom. The molecule has 0 radical (unpaired) electrons. The number of carbonyl (C=O) groups is 2. The van der Waals surface area contributed by atoms with Gasteiger partial charge in [0.25, 0.3) is 5.91 Å². The fraction of sp³-hybridized carbons (Fsp3) is 0.391. The highest BCUT2D eigenvalue weighted by atomic mass is 32.2. The number of sulfonamides is 1. The zero-order chi connectivity index (χ0) is 23.6. The van der Waals surface area contributed by atoms with E-state index in [4.69, 9.17) is 4.74 Å². The van der Waals surface area contributed by atoms with E-state index < -0.39 is 40.1 Å². The zero-order valence-corrected chi connectivity index (χ0v) is 19.3. The smallest absolute Gasteiger partial charge is 0.325 e. The molecule has 1 saturated heterocycles. The van der Waals surface area contributed by atoms with E-state index in [2.05, 4.69) is 5.32 Å². The lowest BCUT2D eigenvalue weighted by Crippen LogP contribution is -2.43. The Kier molecular flexibility index (Phi) is 7.02. The van der Waals surface area contributed by atoms with Crippen LogP contribution >= 0.6 is 0 Å². The summed E-state index contributed by atoms with van der Waals surface area (Å²) in [6.45, 7) is 6.70. The third-order valence-corrected chi connectivity index (χ3v) is 7.53. The van der Waals surface area contributed by atoms with Gasteiger partial charge in [0, 0.05) is 18.7 Å². The molecular formula is C23H28N2O6S. The normalized spacial score (nSPS) is 20.0. The average Bonchev–Trinajstić information content (AvgIpc) is 3.14. The summed E-state index contributed by atoms with van der Waals surface area (Å²) in [6.07, 6.45) is -2.26. The molecule has 0 saturated carbocycles. The molecule has 2 aromatic rings. The first-order valence-electron chi connectivity index (χ1n) is 10.3. The third kappa shape index (κ3) is 5.01. The van der Waals surface area contributed by atoms with Crippen LogP contribution in [0.25, 0.3) is 0 Å². The van der Waals surface area contributed by atoms with Gasteiger partial charge in [-0.05, 0) is 62.6 Å². The molecule has 9 heteroatoms. The molecule has 1 aliphatic rings. The van der Waals surface area contributed by atoms with Crippen molar-refractivity contribution < 1.29 is 27.9 Å². The number of aliphatic hydroxyl groups is 1. The van der Waals surface area contributed by atoms with Crippen molar-refractivity contribution in [3.8, 4) is 0 Å². The molecule has 3 atom stereocenters. The summed E-state index contributed by atoms with van der Waals surface area (Å²) in [7, 11) is -4.04. The molecule has 0 bridgehead atoms. The number of para-hydroxylation sites is 1. The SMILES string of the molecule is Cc1ccc(S(=O)(=O)N2CC(O)CC2C(=O)OC(C)C(=O)Nc2ccccc2C)cc1C. The number of anilines is 1. The van der Waals surface area contributed by atoms with E-state index in [0.717, 1.165) is 21.0 Å². The van der Waals surface area contributed by atoms with Crippen LogP contribution in [0, 0.1) is 20.8 Å². The van der Waals surface area contributed by atoms with E-state index in [0.29, 0.717) is 5.69 Å². The van der Waals surface area contributed by atoms with E-state index in [9.17, 15) is 23.1 Å². The second-order valence-electron chi connectivity index (χ2n) is 8.11. The van der Waals surface area contributed by atoms with E-state index in [-0.39, 0.29) is 17.9 Å². The number of β-amino-alcohol motifs (C(OH)–C–C–N with tert-alkyl or cyclic N) is 1. The summed E-state index contributed by atoms with van der Waals surface area (Å²) in [5.41, 5.74) is 3.18. The van der Waals surface area contributed by atoms with E-state index >= 15 is 0 Å². The van der Waals surface area contributed by atoms with Crippen molar-refractivity contribution in [1.82, 2.24) is 4.31 Å². The molecule has 1 amide bonds. The first-order valence-corrected chi connectivity index (χ1v) is 11.8. The Morgan fingerprint density at radius 1 is 1.09 bits per heavy atom. The molecule has 1 fully saturated rings. The fourth-order valence-corrected chi connectivity index (χ4v) is 5.24. The van der Waals surface area contributed by atoms with Crippen molar-refractivity contribution in [2.75, 3.05) is 11.9 Å². The average molecular weight is 461 g/mol. The van der Waals surface area contributed by atoms with Crippen LogP contribution in [0.15, 0.2) is 47.4 Å². The Balaban J connectivity index is 1.75. The van der Waals surface area contributed by atoms with E-state index in [1.165, 1.54) is 19.1 Å². The molecule has 2 aromatic carbocycles. The fourth-order valence-electron chi connectivity index (χ4n) is 3.53. The minimum absolute atomic E-state index is 0.0397. The van der Waals surface area contributed by atoms with Crippen LogP contribution in [-0.2, 0) is 24.3 Å². The first-order chi connectivity index (χ1) is 15.0. The van der Waals surface area contributed by atoms with Gasteiger partial charge in [-0.25, -0.2) is 8.42 Å². The minimum atomic E-state index is -4.04. The molecular weight excluding hydrogens is 432 g/mol. The van der Waals surface area contributed by atoms with Crippen LogP contribution in [0.4, 0.5) is 5.69 Å². The lowest BCUT2D eigenvalue weighted by Gasteiger charge is -2.24. The molecule has 172 valence electrons. The Labute approximate surface area is 188 Å². The van der Waals surface area contributed by atoms with E-state index in [1.807, 2.05) is 26.0 Å². The number of amides is 1. The molecule has 8 nitrogen and oxygen atoms in total. The van der Waals surface area contributed by atoms with E-state index in [1.54, 1.807) is 25.1 Å². The van der Waals surface area contributed by atoms with Crippen LogP contribution in [0.1, 0.15) is 30.0 Å². The molecule has 0 spiro atoms. The predicted octanol–water partition coefficient (Wildman–Crippen LogP) is 2.31. The van der Waals surface area contributed by atoms with Gasteiger partial charge in [0.1, 0.15) is 6.04 Å². The second-order valence-corrected chi connectivity index (χ2v) is 10.00.